The van der Waals surface area contributed by atoms with Crippen molar-refractivity contribution in [3.63, 3.8) is 0 Å². The minimum atomic E-state index is 0.805. The van der Waals surface area contributed by atoms with Gasteiger partial charge in [0.1, 0.15) is 10.0 Å². The van der Waals surface area contributed by atoms with E-state index >= 15 is 0 Å². The number of thiazole rings is 1. The fourth-order valence-electron chi connectivity index (χ4n) is 0.939. The van der Waals surface area contributed by atoms with E-state index in [1.165, 1.54) is 11.3 Å². The molecular formula is C8H7BrN2S2. The van der Waals surface area contributed by atoms with Crippen LogP contribution in [-0.4, -0.2) is 4.98 Å². The van der Waals surface area contributed by atoms with Crippen LogP contribution in [0.25, 0.3) is 9.88 Å². The van der Waals surface area contributed by atoms with Crippen molar-refractivity contribution >= 4 is 43.6 Å². The lowest BCUT2D eigenvalue weighted by atomic mass is 10.5. The minimum absolute atomic E-state index is 0.805. The fourth-order valence-corrected chi connectivity index (χ4v) is 3.26. The highest BCUT2D eigenvalue weighted by atomic mass is 79.9. The van der Waals surface area contributed by atoms with Crippen LogP contribution in [0.5, 0.6) is 0 Å². The van der Waals surface area contributed by atoms with Gasteiger partial charge in [-0.2, -0.15) is 0 Å². The third kappa shape index (κ3) is 1.77. The Balaban J connectivity index is 2.46. The normalized spacial score (nSPS) is 10.6. The van der Waals surface area contributed by atoms with Crippen LogP contribution in [0.15, 0.2) is 15.9 Å². The van der Waals surface area contributed by atoms with E-state index in [1.54, 1.807) is 11.3 Å². The Kier molecular flexibility index (Phi) is 2.40. The van der Waals surface area contributed by atoms with Crippen LogP contribution in [-0.2, 0) is 0 Å². The molecule has 0 saturated carbocycles. The van der Waals surface area contributed by atoms with Crippen LogP contribution < -0.4 is 5.73 Å². The first-order chi connectivity index (χ1) is 6.16. The molecule has 2 N–H and O–H groups in total. The molecule has 0 amide bonds. The summed E-state index contributed by atoms with van der Waals surface area (Å²) in [5.41, 5.74) is 6.65. The molecule has 13 heavy (non-hydrogen) atoms. The van der Waals surface area contributed by atoms with Crippen molar-refractivity contribution in [3.8, 4) is 9.88 Å². The number of rotatable bonds is 1. The zero-order valence-electron chi connectivity index (χ0n) is 6.87. The van der Waals surface area contributed by atoms with Gasteiger partial charge >= 0.3 is 0 Å². The summed E-state index contributed by atoms with van der Waals surface area (Å²) in [7, 11) is 0. The van der Waals surface area contributed by atoms with Gasteiger partial charge in [-0.15, -0.1) is 11.3 Å². The maximum atomic E-state index is 5.73. The molecule has 5 heteroatoms. The standard InChI is InChI=1S/C8H7BrN2S2/c1-4-7(10)13-8(11-4)6-2-5(9)3-12-6/h2-3H,10H2,1H3. The Morgan fingerprint density at radius 1 is 1.54 bits per heavy atom. The van der Waals surface area contributed by atoms with E-state index in [1.807, 2.05) is 12.3 Å². The topological polar surface area (TPSA) is 38.9 Å². The smallest absolute Gasteiger partial charge is 0.135 e. The number of halogens is 1. The minimum Gasteiger partial charge on any atom is -0.389 e. The summed E-state index contributed by atoms with van der Waals surface area (Å²) in [5.74, 6) is 0. The van der Waals surface area contributed by atoms with E-state index in [-0.39, 0.29) is 0 Å². The van der Waals surface area contributed by atoms with Gasteiger partial charge in [-0.05, 0) is 28.9 Å². The molecule has 0 spiro atoms. The number of nitrogen functional groups attached to an aromatic ring is 1. The van der Waals surface area contributed by atoms with Gasteiger partial charge in [0.2, 0.25) is 0 Å². The van der Waals surface area contributed by atoms with Crippen LogP contribution in [0.3, 0.4) is 0 Å². The summed E-state index contributed by atoms with van der Waals surface area (Å²) in [5, 5.41) is 3.85. The number of anilines is 1. The van der Waals surface area contributed by atoms with Crippen molar-refractivity contribution in [2.24, 2.45) is 0 Å². The van der Waals surface area contributed by atoms with E-state index < -0.39 is 0 Å². The predicted molar refractivity (Wildman–Crippen MR) is 62.3 cm³/mol. The first-order valence-corrected chi connectivity index (χ1v) is 6.13. The van der Waals surface area contributed by atoms with Gasteiger partial charge < -0.3 is 5.73 Å². The lowest BCUT2D eigenvalue weighted by Crippen LogP contribution is -1.81. The van der Waals surface area contributed by atoms with E-state index in [0.717, 1.165) is 25.1 Å². The highest BCUT2D eigenvalue weighted by Gasteiger charge is 2.08. The molecule has 2 rings (SSSR count). The molecule has 2 heterocycles. The van der Waals surface area contributed by atoms with Gasteiger partial charge in [0, 0.05) is 9.85 Å². The molecule has 0 aliphatic rings. The number of hydrogen-bond donors (Lipinski definition) is 1. The first-order valence-electron chi connectivity index (χ1n) is 3.64. The van der Waals surface area contributed by atoms with Gasteiger partial charge in [-0.1, -0.05) is 11.3 Å². The van der Waals surface area contributed by atoms with Gasteiger partial charge in [0.25, 0.3) is 0 Å². The van der Waals surface area contributed by atoms with Crippen molar-refractivity contribution in [2.45, 2.75) is 6.92 Å². The molecule has 0 fully saturated rings. The molecule has 0 unspecified atom stereocenters. The second-order valence-corrected chi connectivity index (χ2v) is 5.46. The maximum Gasteiger partial charge on any atom is 0.135 e. The Morgan fingerprint density at radius 2 is 2.31 bits per heavy atom. The molecule has 2 aromatic rings. The van der Waals surface area contributed by atoms with Crippen molar-refractivity contribution in [1.82, 2.24) is 4.98 Å². The summed E-state index contributed by atoms with van der Waals surface area (Å²) < 4.78 is 1.10. The molecular weight excluding hydrogens is 268 g/mol. The van der Waals surface area contributed by atoms with Gasteiger partial charge in [-0.25, -0.2) is 4.98 Å². The molecule has 2 nitrogen and oxygen atoms in total. The molecule has 0 saturated heterocycles. The molecule has 2 aromatic heterocycles. The maximum absolute atomic E-state index is 5.73. The molecule has 0 bridgehead atoms. The number of aryl methyl sites for hydroxylation is 1. The Morgan fingerprint density at radius 3 is 2.77 bits per heavy atom. The van der Waals surface area contributed by atoms with Crippen molar-refractivity contribution in [3.05, 3.63) is 21.6 Å². The number of aromatic nitrogens is 1. The van der Waals surface area contributed by atoms with Crippen molar-refractivity contribution in [1.29, 1.82) is 0 Å². The largest absolute Gasteiger partial charge is 0.389 e. The second-order valence-electron chi connectivity index (χ2n) is 2.60. The molecule has 68 valence electrons. The third-order valence-corrected chi connectivity index (χ3v) is 4.46. The monoisotopic (exact) mass is 274 g/mol. The van der Waals surface area contributed by atoms with Crippen LogP contribution in [0.4, 0.5) is 5.00 Å². The average Bonchev–Trinajstić information content (AvgIpc) is 2.61. The van der Waals surface area contributed by atoms with E-state index in [0.29, 0.717) is 0 Å². The second kappa shape index (κ2) is 3.40. The van der Waals surface area contributed by atoms with Gasteiger partial charge in [0.05, 0.1) is 10.6 Å². The average molecular weight is 275 g/mol. The number of thiophene rings is 1. The summed E-state index contributed by atoms with van der Waals surface area (Å²) in [6.07, 6.45) is 0. The van der Waals surface area contributed by atoms with E-state index in [9.17, 15) is 0 Å². The quantitative estimate of drug-likeness (QED) is 0.864. The Bertz CT molecular complexity index is 414. The van der Waals surface area contributed by atoms with E-state index in [2.05, 4.69) is 27.0 Å². The lowest BCUT2D eigenvalue weighted by Gasteiger charge is -1.84. The predicted octanol–water partition coefficient (Wildman–Crippen LogP) is 3.52. The summed E-state index contributed by atoms with van der Waals surface area (Å²) >= 11 is 6.62. The number of nitrogens with two attached hydrogens (primary N) is 1. The fraction of sp³-hybridized carbons (Fsp3) is 0.125. The summed E-state index contributed by atoms with van der Waals surface area (Å²) in [6, 6.07) is 2.06. The van der Waals surface area contributed by atoms with Crippen LogP contribution >= 0.6 is 38.6 Å². The summed E-state index contributed by atoms with van der Waals surface area (Å²) in [6.45, 7) is 1.93. The van der Waals surface area contributed by atoms with Gasteiger partial charge in [0.15, 0.2) is 0 Å². The Hall–Kier alpha value is -0.390. The Labute approximate surface area is 92.6 Å². The van der Waals surface area contributed by atoms with Crippen LogP contribution in [0.1, 0.15) is 5.69 Å². The van der Waals surface area contributed by atoms with Crippen molar-refractivity contribution in [2.75, 3.05) is 5.73 Å². The van der Waals surface area contributed by atoms with Crippen molar-refractivity contribution < 1.29 is 0 Å². The first kappa shape index (κ1) is 9.18. The van der Waals surface area contributed by atoms with Gasteiger partial charge in [-0.3, -0.25) is 0 Å². The molecule has 0 radical (unpaired) electrons. The number of nitrogens with zero attached hydrogens (tertiary/aromatic N) is 1. The zero-order valence-corrected chi connectivity index (χ0v) is 10.1. The molecule has 0 aliphatic heterocycles. The molecule has 0 aromatic carbocycles. The van der Waals surface area contributed by atoms with E-state index in [4.69, 9.17) is 5.73 Å². The molecule has 0 aliphatic carbocycles. The SMILES string of the molecule is Cc1nc(-c2cc(Br)cs2)sc1N. The number of hydrogen-bond acceptors (Lipinski definition) is 4. The highest BCUT2D eigenvalue weighted by molar-refractivity contribution is 9.10. The highest BCUT2D eigenvalue weighted by Crippen LogP contribution is 2.34. The summed E-state index contributed by atoms with van der Waals surface area (Å²) in [4.78, 5) is 5.54. The van der Waals surface area contributed by atoms with Crippen LogP contribution in [0, 0.1) is 6.92 Å². The van der Waals surface area contributed by atoms with Crippen LogP contribution in [0.2, 0.25) is 0 Å². The lowest BCUT2D eigenvalue weighted by molar-refractivity contribution is 1.28. The third-order valence-electron chi connectivity index (χ3n) is 1.61. The zero-order chi connectivity index (χ0) is 9.42. The molecule has 0 atom stereocenters.